The van der Waals surface area contributed by atoms with Crippen molar-refractivity contribution < 1.29 is 19.1 Å². The highest BCUT2D eigenvalue weighted by molar-refractivity contribution is 8.00. The molecular formula is C26H22N6O4S. The van der Waals surface area contributed by atoms with Crippen LogP contribution in [0.5, 0.6) is 11.6 Å². The number of aromatic nitrogens is 3. The normalized spacial score (nSPS) is 16.3. The second-order valence-electron chi connectivity index (χ2n) is 8.60. The monoisotopic (exact) mass is 514 g/mol. The number of pyridine rings is 3. The van der Waals surface area contributed by atoms with Gasteiger partial charge in [-0.1, -0.05) is 0 Å². The fourth-order valence-corrected chi connectivity index (χ4v) is 5.19. The predicted molar refractivity (Wildman–Crippen MR) is 141 cm³/mol. The van der Waals surface area contributed by atoms with Crippen LogP contribution in [0, 0.1) is 0 Å². The third kappa shape index (κ3) is 4.27. The number of methoxy groups -OCH3 is 1. The van der Waals surface area contributed by atoms with Crippen LogP contribution in [0.3, 0.4) is 0 Å². The first-order valence-corrected chi connectivity index (χ1v) is 12.5. The summed E-state index contributed by atoms with van der Waals surface area (Å²) in [5.41, 5.74) is 4.69. The number of hydrogen-bond acceptors (Lipinski definition) is 9. The molecule has 0 saturated carbocycles. The molecule has 2 aliphatic rings. The van der Waals surface area contributed by atoms with Crippen molar-refractivity contribution in [3.05, 3.63) is 66.1 Å². The zero-order valence-electron chi connectivity index (χ0n) is 20.0. The number of amides is 2. The van der Waals surface area contributed by atoms with E-state index in [0.29, 0.717) is 46.4 Å². The minimum Gasteiger partial charge on any atom is -0.487 e. The third-order valence-electron chi connectivity index (χ3n) is 6.31. The van der Waals surface area contributed by atoms with Gasteiger partial charge in [-0.15, -0.1) is 11.8 Å². The number of hydrogen-bond donors (Lipinski definition) is 2. The van der Waals surface area contributed by atoms with E-state index in [1.807, 2.05) is 31.3 Å². The van der Waals surface area contributed by atoms with E-state index < -0.39 is 0 Å². The van der Waals surface area contributed by atoms with Gasteiger partial charge >= 0.3 is 0 Å². The van der Waals surface area contributed by atoms with Gasteiger partial charge in [-0.2, -0.15) is 0 Å². The fourth-order valence-electron chi connectivity index (χ4n) is 4.40. The maximum absolute atomic E-state index is 12.8. The Hall–Kier alpha value is -4.38. The molecule has 37 heavy (non-hydrogen) atoms. The molecule has 3 aromatic heterocycles. The van der Waals surface area contributed by atoms with Gasteiger partial charge in [-0.05, 0) is 36.4 Å². The molecule has 0 aliphatic carbocycles. The number of thioether (sulfide) groups is 1. The molecule has 1 aromatic carbocycles. The Kier molecular flexibility index (Phi) is 5.76. The summed E-state index contributed by atoms with van der Waals surface area (Å²) in [4.78, 5) is 41.2. The van der Waals surface area contributed by atoms with E-state index in [-0.39, 0.29) is 17.9 Å². The van der Waals surface area contributed by atoms with Crippen molar-refractivity contribution in [3.8, 4) is 11.6 Å². The second kappa shape index (κ2) is 9.25. The lowest BCUT2D eigenvalue weighted by Crippen LogP contribution is -2.34. The van der Waals surface area contributed by atoms with Crippen molar-refractivity contribution in [2.45, 2.75) is 10.9 Å². The summed E-state index contributed by atoms with van der Waals surface area (Å²) < 4.78 is 11.3. The number of ether oxygens (including phenoxy) is 2. The van der Waals surface area contributed by atoms with E-state index in [2.05, 4.69) is 30.5 Å². The first-order chi connectivity index (χ1) is 18.0. The fraction of sp³-hybridized carbons (Fsp3) is 0.192. The molecule has 1 atom stereocenters. The van der Waals surface area contributed by atoms with Crippen LogP contribution in [-0.2, 0) is 4.79 Å². The average Bonchev–Trinajstić information content (AvgIpc) is 2.92. The van der Waals surface area contributed by atoms with Gasteiger partial charge < -0.3 is 25.0 Å². The van der Waals surface area contributed by atoms with Crippen LogP contribution in [0.1, 0.15) is 22.1 Å². The van der Waals surface area contributed by atoms with Crippen LogP contribution in [0.2, 0.25) is 0 Å². The van der Waals surface area contributed by atoms with E-state index >= 15 is 0 Å². The average molecular weight is 515 g/mol. The summed E-state index contributed by atoms with van der Waals surface area (Å²) in [7, 11) is 3.55. The number of anilines is 3. The minimum absolute atomic E-state index is 0.0756. The predicted octanol–water partition coefficient (Wildman–Crippen LogP) is 3.90. The Balaban J connectivity index is 1.21. The quantitative estimate of drug-likeness (QED) is 0.418. The smallest absolute Gasteiger partial charge is 0.255 e. The first-order valence-electron chi connectivity index (χ1n) is 11.5. The molecule has 0 saturated heterocycles. The van der Waals surface area contributed by atoms with E-state index in [1.54, 1.807) is 37.7 Å². The number of fused-ring (bicyclic) bond motifs is 4. The summed E-state index contributed by atoms with van der Waals surface area (Å²) in [5, 5.41) is 5.68. The molecule has 0 spiro atoms. The number of rotatable bonds is 4. The standard InChI is InChI=1S/C26H22N6O4S/c1-32-19(12-36-20-11-28-17-6-8-23(35-2)31-24(17)25(20)32)16-5-4-15(10-27-16)29-26(34)14-3-7-21-18(9-14)30-22(33)13-37-21/h3-11,19H,12-13H2,1-2H3,(H,29,34)(H,30,33). The minimum atomic E-state index is -0.284. The van der Waals surface area contributed by atoms with Crippen molar-refractivity contribution in [1.29, 1.82) is 0 Å². The van der Waals surface area contributed by atoms with Crippen LogP contribution < -0.4 is 25.0 Å². The number of nitrogens with zero attached hydrogens (tertiary/aromatic N) is 4. The lowest BCUT2D eigenvalue weighted by Gasteiger charge is -2.35. The molecule has 11 heteroatoms. The van der Waals surface area contributed by atoms with Crippen molar-refractivity contribution in [3.63, 3.8) is 0 Å². The van der Waals surface area contributed by atoms with Crippen LogP contribution in [0.15, 0.2) is 59.8 Å². The maximum atomic E-state index is 12.8. The van der Waals surface area contributed by atoms with E-state index in [1.165, 1.54) is 11.8 Å². The van der Waals surface area contributed by atoms with Crippen molar-refractivity contribution in [1.82, 2.24) is 15.0 Å². The molecule has 2 amide bonds. The van der Waals surface area contributed by atoms with Gasteiger partial charge in [0.05, 0.1) is 47.8 Å². The number of carbonyl (C=O) groups excluding carboxylic acids is 2. The van der Waals surface area contributed by atoms with Gasteiger partial charge in [0.25, 0.3) is 5.91 Å². The van der Waals surface area contributed by atoms with Crippen LogP contribution in [0.4, 0.5) is 17.1 Å². The van der Waals surface area contributed by atoms with Gasteiger partial charge in [0, 0.05) is 23.6 Å². The van der Waals surface area contributed by atoms with Gasteiger partial charge in [0.2, 0.25) is 11.8 Å². The van der Waals surface area contributed by atoms with E-state index in [9.17, 15) is 9.59 Å². The van der Waals surface area contributed by atoms with Gasteiger partial charge in [0.1, 0.15) is 23.9 Å². The summed E-state index contributed by atoms with van der Waals surface area (Å²) in [5.74, 6) is 1.16. The molecule has 2 aliphatic heterocycles. The lowest BCUT2D eigenvalue weighted by atomic mass is 10.1. The van der Waals surface area contributed by atoms with Gasteiger partial charge in [-0.25, -0.2) is 4.98 Å². The van der Waals surface area contributed by atoms with Gasteiger partial charge in [0.15, 0.2) is 5.75 Å². The molecule has 6 rings (SSSR count). The summed E-state index contributed by atoms with van der Waals surface area (Å²) in [6.45, 7) is 0.387. The Labute approximate surface area is 216 Å². The van der Waals surface area contributed by atoms with E-state index in [0.717, 1.165) is 21.8 Å². The number of benzene rings is 1. The highest BCUT2D eigenvalue weighted by Crippen LogP contribution is 2.42. The zero-order chi connectivity index (χ0) is 25.5. The number of likely N-dealkylation sites (N-methyl/N-ethyl adjacent to an activating group) is 1. The second-order valence-corrected chi connectivity index (χ2v) is 9.62. The van der Waals surface area contributed by atoms with Gasteiger partial charge in [-0.3, -0.25) is 19.6 Å². The molecule has 0 bridgehead atoms. The maximum Gasteiger partial charge on any atom is 0.255 e. The Morgan fingerprint density at radius 2 is 2.08 bits per heavy atom. The molecule has 4 aromatic rings. The topological polar surface area (TPSA) is 119 Å². The molecule has 10 nitrogen and oxygen atoms in total. The molecule has 1 unspecified atom stereocenters. The van der Waals surface area contributed by atoms with Crippen molar-refractivity contribution in [2.75, 3.05) is 42.1 Å². The highest BCUT2D eigenvalue weighted by atomic mass is 32.2. The molecule has 5 heterocycles. The Bertz CT molecular complexity index is 1540. The summed E-state index contributed by atoms with van der Waals surface area (Å²) >= 11 is 1.45. The number of nitrogens with one attached hydrogen (secondary N) is 2. The van der Waals surface area contributed by atoms with Crippen molar-refractivity contribution >= 4 is 51.7 Å². The van der Waals surface area contributed by atoms with Crippen LogP contribution in [0.25, 0.3) is 11.0 Å². The van der Waals surface area contributed by atoms with Crippen molar-refractivity contribution in [2.24, 2.45) is 0 Å². The lowest BCUT2D eigenvalue weighted by molar-refractivity contribution is -0.113. The largest absolute Gasteiger partial charge is 0.487 e. The third-order valence-corrected chi connectivity index (χ3v) is 7.39. The summed E-state index contributed by atoms with van der Waals surface area (Å²) in [6.07, 6.45) is 3.33. The van der Waals surface area contributed by atoms with Crippen LogP contribution in [-0.4, -0.2) is 53.3 Å². The zero-order valence-corrected chi connectivity index (χ0v) is 20.8. The number of carbonyl (C=O) groups is 2. The Morgan fingerprint density at radius 3 is 2.89 bits per heavy atom. The molecule has 186 valence electrons. The Morgan fingerprint density at radius 1 is 1.19 bits per heavy atom. The SMILES string of the molecule is COc1ccc2ncc3c(c2n1)N(C)C(c1ccc(NC(=O)c2ccc4c(c2)NC(=O)CS4)cn1)CO3. The molecule has 0 fully saturated rings. The summed E-state index contributed by atoms with van der Waals surface area (Å²) in [6, 6.07) is 12.4. The van der Waals surface area contributed by atoms with Crippen LogP contribution >= 0.6 is 11.8 Å². The highest BCUT2D eigenvalue weighted by Gasteiger charge is 2.30. The van der Waals surface area contributed by atoms with E-state index in [4.69, 9.17) is 9.47 Å². The molecule has 0 radical (unpaired) electrons. The molecular weight excluding hydrogens is 492 g/mol. The first kappa shape index (κ1) is 23.0. The molecule has 2 N–H and O–H groups in total.